The molecule has 3 aromatic rings. The molecule has 0 unspecified atom stereocenters. The van der Waals surface area contributed by atoms with Crippen molar-refractivity contribution in [3.05, 3.63) is 54.1 Å². The number of alkyl halides is 4. The van der Waals surface area contributed by atoms with Gasteiger partial charge in [0.25, 0.3) is 0 Å². The van der Waals surface area contributed by atoms with E-state index in [-0.39, 0.29) is 6.04 Å². The monoisotopic (exact) mass is 474 g/mol. The van der Waals surface area contributed by atoms with E-state index in [1.807, 2.05) is 42.3 Å². The highest BCUT2D eigenvalue weighted by atomic mass is 19.4. The van der Waals surface area contributed by atoms with Crippen LogP contribution in [0.4, 0.5) is 23.2 Å². The first-order valence-electron chi connectivity index (χ1n) is 11.9. The van der Waals surface area contributed by atoms with Crippen molar-refractivity contribution < 1.29 is 17.6 Å². The molecule has 8 heteroatoms. The van der Waals surface area contributed by atoms with Crippen LogP contribution in [0.1, 0.15) is 24.8 Å². The van der Waals surface area contributed by atoms with E-state index in [9.17, 15) is 17.6 Å². The quantitative estimate of drug-likeness (QED) is 0.439. The molecule has 1 saturated heterocycles. The number of piperidine rings is 1. The molecule has 34 heavy (non-hydrogen) atoms. The predicted molar refractivity (Wildman–Crippen MR) is 128 cm³/mol. The Hall–Kier alpha value is -2.58. The van der Waals surface area contributed by atoms with Crippen molar-refractivity contribution in [1.82, 2.24) is 14.8 Å². The summed E-state index contributed by atoms with van der Waals surface area (Å²) in [5.74, 6) is 0. The summed E-state index contributed by atoms with van der Waals surface area (Å²) in [5.41, 5.74) is 3.49. The lowest BCUT2D eigenvalue weighted by Crippen LogP contribution is -2.46. The fourth-order valence-corrected chi connectivity index (χ4v) is 4.76. The van der Waals surface area contributed by atoms with Crippen LogP contribution >= 0.6 is 0 Å². The number of likely N-dealkylation sites (tertiary alicyclic amines) is 1. The SMILES string of the molecule is CN1CC[C@H](Nc2cccc3c2cc(-c2ccc(CNC4CC4)cc2)n3CC(F)(F)F)[C@H](F)C1. The summed E-state index contributed by atoms with van der Waals surface area (Å²) in [5, 5.41) is 7.41. The van der Waals surface area contributed by atoms with E-state index in [1.54, 1.807) is 18.2 Å². The fraction of sp³-hybridized carbons (Fsp3) is 0.462. The number of halogens is 4. The number of nitrogens with one attached hydrogen (secondary N) is 2. The zero-order valence-electron chi connectivity index (χ0n) is 19.2. The second kappa shape index (κ2) is 9.23. The molecule has 2 aromatic carbocycles. The lowest BCUT2D eigenvalue weighted by atomic mass is 10.0. The van der Waals surface area contributed by atoms with Gasteiger partial charge in [0.15, 0.2) is 0 Å². The summed E-state index contributed by atoms with van der Waals surface area (Å²) in [7, 11) is 1.89. The topological polar surface area (TPSA) is 32.2 Å². The van der Waals surface area contributed by atoms with E-state index in [4.69, 9.17) is 0 Å². The summed E-state index contributed by atoms with van der Waals surface area (Å²) in [6.07, 6.45) is -2.36. The van der Waals surface area contributed by atoms with Gasteiger partial charge in [-0.1, -0.05) is 30.3 Å². The Balaban J connectivity index is 1.49. The molecule has 0 radical (unpaired) electrons. The minimum absolute atomic E-state index is 0.343. The van der Waals surface area contributed by atoms with Crippen LogP contribution in [0.5, 0.6) is 0 Å². The van der Waals surface area contributed by atoms with Gasteiger partial charge in [0.1, 0.15) is 12.7 Å². The Morgan fingerprint density at radius 1 is 1.03 bits per heavy atom. The van der Waals surface area contributed by atoms with Gasteiger partial charge in [-0.3, -0.25) is 0 Å². The normalized spacial score (nSPS) is 21.8. The average Bonchev–Trinajstić information content (AvgIpc) is 3.55. The van der Waals surface area contributed by atoms with E-state index in [0.29, 0.717) is 41.3 Å². The summed E-state index contributed by atoms with van der Waals surface area (Å²) >= 11 is 0. The zero-order chi connectivity index (χ0) is 23.9. The standard InChI is InChI=1S/C26H30F4N4/c1-33-12-11-23(21(27)15-33)32-22-3-2-4-24-20(22)13-25(34(24)16-26(28,29)30)18-7-5-17(6-8-18)14-31-19-9-10-19/h2-8,13,19,21,23,31-32H,9-12,14-16H2,1H3/t21-,23+/m1/s1. The first-order chi connectivity index (χ1) is 16.3. The van der Waals surface area contributed by atoms with Crippen molar-refractivity contribution in [2.75, 3.05) is 25.5 Å². The van der Waals surface area contributed by atoms with Gasteiger partial charge in [0.2, 0.25) is 0 Å². The third-order valence-electron chi connectivity index (χ3n) is 6.79. The Morgan fingerprint density at radius 2 is 1.79 bits per heavy atom. The lowest BCUT2D eigenvalue weighted by molar-refractivity contribution is -0.139. The maximum absolute atomic E-state index is 14.6. The minimum Gasteiger partial charge on any atom is -0.379 e. The summed E-state index contributed by atoms with van der Waals surface area (Å²) in [4.78, 5) is 1.95. The molecule has 2 heterocycles. The van der Waals surface area contributed by atoms with Gasteiger partial charge in [-0.05, 0) is 55.6 Å². The molecule has 2 N–H and O–H groups in total. The van der Waals surface area contributed by atoms with E-state index < -0.39 is 18.9 Å². The van der Waals surface area contributed by atoms with E-state index in [1.165, 1.54) is 17.4 Å². The number of hydrogen-bond donors (Lipinski definition) is 2. The molecule has 0 bridgehead atoms. The Morgan fingerprint density at radius 3 is 2.47 bits per heavy atom. The molecule has 2 aliphatic rings. The van der Waals surface area contributed by atoms with Gasteiger partial charge in [-0.15, -0.1) is 0 Å². The van der Waals surface area contributed by atoms with Crippen LogP contribution in [0.25, 0.3) is 22.2 Å². The molecule has 2 fully saturated rings. The number of hydrogen-bond acceptors (Lipinski definition) is 3. The van der Waals surface area contributed by atoms with Crippen molar-refractivity contribution in [1.29, 1.82) is 0 Å². The van der Waals surface area contributed by atoms with Gasteiger partial charge < -0.3 is 20.1 Å². The number of nitrogens with zero attached hydrogens (tertiary/aromatic N) is 2. The van der Waals surface area contributed by atoms with Gasteiger partial charge in [0.05, 0.1) is 11.6 Å². The smallest absolute Gasteiger partial charge is 0.379 e. The van der Waals surface area contributed by atoms with Crippen LogP contribution in [-0.2, 0) is 13.1 Å². The lowest BCUT2D eigenvalue weighted by Gasteiger charge is -2.33. The molecule has 5 rings (SSSR count). The number of benzene rings is 2. The largest absolute Gasteiger partial charge is 0.406 e. The Kier molecular flexibility index (Phi) is 6.29. The molecule has 1 aliphatic carbocycles. The molecule has 0 amide bonds. The molecule has 182 valence electrons. The maximum Gasteiger partial charge on any atom is 0.406 e. The second-order valence-electron chi connectivity index (χ2n) is 9.64. The van der Waals surface area contributed by atoms with Gasteiger partial charge in [-0.25, -0.2) is 4.39 Å². The maximum atomic E-state index is 14.6. The number of rotatable bonds is 7. The van der Waals surface area contributed by atoms with Crippen molar-refractivity contribution in [3.8, 4) is 11.3 Å². The van der Waals surface area contributed by atoms with Gasteiger partial charge in [0, 0.05) is 42.4 Å². The first kappa shape index (κ1) is 23.2. The molecular formula is C26H30F4N4. The Bertz CT molecular complexity index is 1130. The third kappa shape index (κ3) is 5.23. The van der Waals surface area contributed by atoms with Crippen molar-refractivity contribution in [2.45, 2.75) is 56.8 Å². The van der Waals surface area contributed by atoms with Crippen LogP contribution in [0.15, 0.2) is 48.5 Å². The minimum atomic E-state index is -4.36. The summed E-state index contributed by atoms with van der Waals surface area (Å²) < 4.78 is 56.6. The highest BCUT2D eigenvalue weighted by Crippen LogP contribution is 2.36. The van der Waals surface area contributed by atoms with E-state index in [0.717, 1.165) is 24.2 Å². The molecule has 1 aromatic heterocycles. The molecule has 4 nitrogen and oxygen atoms in total. The predicted octanol–water partition coefficient (Wildman–Crippen LogP) is 5.58. The highest BCUT2D eigenvalue weighted by molar-refractivity contribution is 5.96. The van der Waals surface area contributed by atoms with Crippen LogP contribution in [0.2, 0.25) is 0 Å². The number of fused-ring (bicyclic) bond motifs is 1. The van der Waals surface area contributed by atoms with Gasteiger partial charge >= 0.3 is 6.18 Å². The van der Waals surface area contributed by atoms with Gasteiger partial charge in [-0.2, -0.15) is 13.2 Å². The number of aromatic nitrogens is 1. The summed E-state index contributed by atoms with van der Waals surface area (Å²) in [6, 6.07) is 15.0. The van der Waals surface area contributed by atoms with Crippen molar-refractivity contribution in [3.63, 3.8) is 0 Å². The molecule has 0 spiro atoms. The molecular weight excluding hydrogens is 444 g/mol. The zero-order valence-corrected chi connectivity index (χ0v) is 19.2. The fourth-order valence-electron chi connectivity index (χ4n) is 4.76. The Labute approximate surface area is 196 Å². The van der Waals surface area contributed by atoms with E-state index >= 15 is 0 Å². The highest BCUT2D eigenvalue weighted by Gasteiger charge is 2.31. The number of anilines is 1. The van der Waals surface area contributed by atoms with Crippen LogP contribution in [0, 0.1) is 0 Å². The molecule has 1 saturated carbocycles. The third-order valence-corrected chi connectivity index (χ3v) is 6.79. The van der Waals surface area contributed by atoms with Crippen LogP contribution in [0.3, 0.4) is 0 Å². The molecule has 2 atom stereocenters. The van der Waals surface area contributed by atoms with Crippen molar-refractivity contribution in [2.24, 2.45) is 0 Å². The molecule has 1 aliphatic heterocycles. The second-order valence-corrected chi connectivity index (χ2v) is 9.64. The van der Waals surface area contributed by atoms with Crippen molar-refractivity contribution >= 4 is 16.6 Å². The summed E-state index contributed by atoms with van der Waals surface area (Å²) in [6.45, 7) is 0.790. The van der Waals surface area contributed by atoms with E-state index in [2.05, 4.69) is 10.6 Å². The average molecular weight is 475 g/mol. The van der Waals surface area contributed by atoms with Crippen LogP contribution < -0.4 is 10.6 Å². The first-order valence-corrected chi connectivity index (χ1v) is 11.9. The van der Waals surface area contributed by atoms with Crippen LogP contribution in [-0.4, -0.2) is 54.0 Å².